The maximum atomic E-state index is 11.7. The first-order valence-electron chi connectivity index (χ1n) is 7.22. The molecule has 1 aliphatic rings. The summed E-state index contributed by atoms with van der Waals surface area (Å²) in [5.41, 5.74) is 0.898. The van der Waals surface area contributed by atoms with Gasteiger partial charge in [0.25, 0.3) is 0 Å². The number of amides is 1. The maximum absolute atomic E-state index is 11.7. The van der Waals surface area contributed by atoms with E-state index in [0.29, 0.717) is 24.6 Å². The van der Waals surface area contributed by atoms with Crippen molar-refractivity contribution < 1.29 is 19.4 Å². The number of hydrogen-bond acceptors (Lipinski definition) is 5. The predicted octanol–water partition coefficient (Wildman–Crippen LogP) is 0.961. The number of carbonyl (C=O) groups excluding carboxylic acids is 1. The molecule has 0 aliphatic carbocycles. The van der Waals surface area contributed by atoms with Gasteiger partial charge < -0.3 is 19.7 Å². The highest BCUT2D eigenvalue weighted by Crippen LogP contribution is 2.20. The monoisotopic (exact) mass is 316 g/mol. The number of alkyl carbamates (subject to hydrolysis) is 1. The average Bonchev–Trinajstić information content (AvgIpc) is 3.13. The lowest BCUT2D eigenvalue weighted by Gasteiger charge is -2.08. The van der Waals surface area contributed by atoms with Crippen molar-refractivity contribution in [3.05, 3.63) is 47.5 Å². The van der Waals surface area contributed by atoms with Crippen LogP contribution in [0.3, 0.4) is 0 Å². The molecule has 1 unspecified atom stereocenters. The number of carbonyl (C=O) groups is 2. The van der Waals surface area contributed by atoms with Crippen LogP contribution in [0.15, 0.2) is 30.3 Å². The van der Waals surface area contributed by atoms with Gasteiger partial charge in [-0.2, -0.15) is 0 Å². The topological polar surface area (TPSA) is 106 Å². The van der Waals surface area contributed by atoms with E-state index in [1.807, 2.05) is 30.3 Å². The Labute approximate surface area is 132 Å². The molecular weight excluding hydrogens is 300 g/mol. The zero-order chi connectivity index (χ0) is 16.2. The van der Waals surface area contributed by atoms with Crippen molar-refractivity contribution in [2.45, 2.75) is 26.1 Å². The summed E-state index contributed by atoms with van der Waals surface area (Å²) in [5.74, 6) is -0.173. The number of nitrogens with zero attached hydrogens (tertiary/aromatic N) is 3. The highest BCUT2D eigenvalue weighted by atomic mass is 16.5. The van der Waals surface area contributed by atoms with Crippen LogP contribution >= 0.6 is 0 Å². The normalized spacial score (nSPS) is 15.9. The number of rotatable bonds is 5. The minimum absolute atomic E-state index is 0.146. The lowest BCUT2D eigenvalue weighted by atomic mass is 10.1. The minimum Gasteiger partial charge on any atom is -0.481 e. The molecule has 23 heavy (non-hydrogen) atoms. The third-order valence-corrected chi connectivity index (χ3v) is 3.69. The highest BCUT2D eigenvalue weighted by Gasteiger charge is 2.30. The van der Waals surface area contributed by atoms with E-state index in [1.54, 1.807) is 4.57 Å². The van der Waals surface area contributed by atoms with Gasteiger partial charge in [-0.15, -0.1) is 10.2 Å². The Kier molecular flexibility index (Phi) is 4.22. The van der Waals surface area contributed by atoms with Gasteiger partial charge in [0.05, 0.1) is 12.5 Å². The molecule has 120 valence electrons. The number of fused-ring (bicyclic) bond motifs is 1. The second-order valence-corrected chi connectivity index (χ2v) is 5.30. The summed E-state index contributed by atoms with van der Waals surface area (Å²) in [6, 6.07) is 9.36. The van der Waals surface area contributed by atoms with E-state index in [0.717, 1.165) is 5.56 Å². The summed E-state index contributed by atoms with van der Waals surface area (Å²) in [5, 5.41) is 19.6. The van der Waals surface area contributed by atoms with Crippen LogP contribution in [0.4, 0.5) is 4.79 Å². The van der Waals surface area contributed by atoms with Crippen molar-refractivity contribution in [2.24, 2.45) is 5.92 Å². The Morgan fingerprint density at radius 2 is 2.09 bits per heavy atom. The molecule has 0 fully saturated rings. The Bertz CT molecular complexity index is 714. The van der Waals surface area contributed by atoms with Crippen molar-refractivity contribution in [2.75, 3.05) is 0 Å². The molecule has 0 saturated carbocycles. The molecule has 2 N–H and O–H groups in total. The van der Waals surface area contributed by atoms with E-state index in [-0.39, 0.29) is 13.2 Å². The molecule has 1 aromatic carbocycles. The average molecular weight is 316 g/mol. The van der Waals surface area contributed by atoms with Crippen LogP contribution in [-0.4, -0.2) is 31.9 Å². The number of aromatic nitrogens is 3. The lowest BCUT2D eigenvalue weighted by molar-refractivity contribution is -0.141. The van der Waals surface area contributed by atoms with Gasteiger partial charge in [0.2, 0.25) is 0 Å². The van der Waals surface area contributed by atoms with Crippen molar-refractivity contribution in [3.8, 4) is 0 Å². The third kappa shape index (κ3) is 3.47. The van der Waals surface area contributed by atoms with E-state index >= 15 is 0 Å². The number of carboxylic acids is 1. The quantitative estimate of drug-likeness (QED) is 0.851. The van der Waals surface area contributed by atoms with Crippen LogP contribution in [0.25, 0.3) is 0 Å². The number of hydrogen-bond donors (Lipinski definition) is 2. The molecular formula is C15H16N4O4. The molecule has 8 heteroatoms. The second kappa shape index (κ2) is 6.47. The van der Waals surface area contributed by atoms with Crippen LogP contribution in [0.1, 0.15) is 17.2 Å². The van der Waals surface area contributed by atoms with Crippen LogP contribution in [0.5, 0.6) is 0 Å². The molecule has 0 bridgehead atoms. The van der Waals surface area contributed by atoms with E-state index in [9.17, 15) is 9.59 Å². The fourth-order valence-electron chi connectivity index (χ4n) is 2.46. The SMILES string of the molecule is O=C(NCc1nnc2n1CC(C(=O)O)C2)OCc1ccccc1. The summed E-state index contributed by atoms with van der Waals surface area (Å²) in [7, 11) is 0. The smallest absolute Gasteiger partial charge is 0.407 e. The predicted molar refractivity (Wildman–Crippen MR) is 78.3 cm³/mol. The van der Waals surface area contributed by atoms with Gasteiger partial charge in [-0.1, -0.05) is 30.3 Å². The molecule has 1 aliphatic heterocycles. The number of benzene rings is 1. The first-order valence-corrected chi connectivity index (χ1v) is 7.22. The van der Waals surface area contributed by atoms with Crippen molar-refractivity contribution in [3.63, 3.8) is 0 Å². The van der Waals surface area contributed by atoms with Crippen molar-refractivity contribution in [1.82, 2.24) is 20.1 Å². The lowest BCUT2D eigenvalue weighted by Crippen LogP contribution is -2.26. The standard InChI is InChI=1S/C15H16N4O4/c20-14(21)11-6-12-17-18-13(19(12)8-11)7-16-15(22)23-9-10-4-2-1-3-5-10/h1-5,11H,6-9H2,(H,16,22)(H,20,21). The van der Waals surface area contributed by atoms with Crippen LogP contribution in [-0.2, 0) is 35.6 Å². The van der Waals surface area contributed by atoms with Gasteiger partial charge in [0.1, 0.15) is 12.4 Å². The Hall–Kier alpha value is -2.90. The molecule has 0 radical (unpaired) electrons. The molecule has 3 rings (SSSR count). The maximum Gasteiger partial charge on any atom is 0.407 e. The molecule has 1 aromatic heterocycles. The van der Waals surface area contributed by atoms with Crippen LogP contribution in [0.2, 0.25) is 0 Å². The van der Waals surface area contributed by atoms with Crippen molar-refractivity contribution >= 4 is 12.1 Å². The minimum atomic E-state index is -0.850. The highest BCUT2D eigenvalue weighted by molar-refractivity contribution is 5.70. The fourth-order valence-corrected chi connectivity index (χ4v) is 2.46. The van der Waals surface area contributed by atoms with Gasteiger partial charge in [0.15, 0.2) is 5.82 Å². The molecule has 0 saturated heterocycles. The third-order valence-electron chi connectivity index (χ3n) is 3.69. The van der Waals surface area contributed by atoms with Gasteiger partial charge in [-0.05, 0) is 5.56 Å². The van der Waals surface area contributed by atoms with Crippen LogP contribution in [0, 0.1) is 5.92 Å². The second-order valence-electron chi connectivity index (χ2n) is 5.30. The van der Waals surface area contributed by atoms with E-state index < -0.39 is 18.0 Å². The number of nitrogens with one attached hydrogen (secondary N) is 1. The summed E-state index contributed by atoms with van der Waals surface area (Å²) in [6.07, 6.45) is -0.195. The summed E-state index contributed by atoms with van der Waals surface area (Å²) in [6.45, 7) is 0.659. The number of carboxylic acid groups (broad SMARTS) is 1. The molecule has 0 spiro atoms. The first-order chi connectivity index (χ1) is 11.1. The molecule has 1 amide bonds. The van der Waals surface area contributed by atoms with E-state index in [2.05, 4.69) is 15.5 Å². The van der Waals surface area contributed by atoms with Gasteiger partial charge >= 0.3 is 12.1 Å². The zero-order valence-electron chi connectivity index (χ0n) is 12.3. The summed E-state index contributed by atoms with van der Waals surface area (Å²) >= 11 is 0. The largest absolute Gasteiger partial charge is 0.481 e. The summed E-state index contributed by atoms with van der Waals surface area (Å²) < 4.78 is 6.84. The molecule has 2 aromatic rings. The molecule has 1 atom stereocenters. The first kappa shape index (κ1) is 15.0. The Morgan fingerprint density at radius 1 is 1.30 bits per heavy atom. The fraction of sp³-hybridized carbons (Fsp3) is 0.333. The van der Waals surface area contributed by atoms with E-state index in [1.165, 1.54) is 0 Å². The Morgan fingerprint density at radius 3 is 2.83 bits per heavy atom. The van der Waals surface area contributed by atoms with E-state index in [4.69, 9.17) is 9.84 Å². The molecule has 8 nitrogen and oxygen atoms in total. The zero-order valence-corrected chi connectivity index (χ0v) is 12.3. The Balaban J connectivity index is 1.50. The van der Waals surface area contributed by atoms with Gasteiger partial charge in [-0.25, -0.2) is 4.79 Å². The number of aliphatic carboxylic acids is 1. The summed E-state index contributed by atoms with van der Waals surface area (Å²) in [4.78, 5) is 22.7. The number of ether oxygens (including phenoxy) is 1. The van der Waals surface area contributed by atoms with Crippen molar-refractivity contribution in [1.29, 1.82) is 0 Å². The van der Waals surface area contributed by atoms with Gasteiger partial charge in [-0.3, -0.25) is 4.79 Å². The molecule has 2 heterocycles. The van der Waals surface area contributed by atoms with Gasteiger partial charge in [0, 0.05) is 13.0 Å². The van der Waals surface area contributed by atoms with Crippen LogP contribution < -0.4 is 5.32 Å².